The second-order valence-corrected chi connectivity index (χ2v) is 4.95. The SMILES string of the molecule is CCC(C)NC(=O)CCNc1nc2c(C)cccn2n1. The van der Waals surface area contributed by atoms with Gasteiger partial charge in [-0.05, 0) is 31.9 Å². The molecule has 1 amide bonds. The Morgan fingerprint density at radius 2 is 2.30 bits per heavy atom. The summed E-state index contributed by atoms with van der Waals surface area (Å²) < 4.78 is 1.73. The smallest absolute Gasteiger partial charge is 0.243 e. The number of aryl methyl sites for hydroxylation is 1. The van der Waals surface area contributed by atoms with Gasteiger partial charge in [0.25, 0.3) is 0 Å². The molecule has 1 atom stereocenters. The quantitative estimate of drug-likeness (QED) is 0.842. The standard InChI is InChI=1S/C14H21N5O/c1-4-11(3)16-12(20)7-8-15-14-17-13-10(2)6-5-9-19(13)18-14/h5-6,9,11H,4,7-8H2,1-3H3,(H,15,18)(H,16,20). The van der Waals surface area contributed by atoms with Gasteiger partial charge in [-0.1, -0.05) is 13.0 Å². The molecule has 0 fully saturated rings. The van der Waals surface area contributed by atoms with Gasteiger partial charge >= 0.3 is 0 Å². The maximum absolute atomic E-state index is 11.6. The number of fused-ring (bicyclic) bond motifs is 1. The molecule has 0 aliphatic heterocycles. The maximum Gasteiger partial charge on any atom is 0.243 e. The van der Waals surface area contributed by atoms with E-state index in [1.165, 1.54) is 0 Å². The predicted molar refractivity (Wildman–Crippen MR) is 78.7 cm³/mol. The summed E-state index contributed by atoms with van der Waals surface area (Å²) in [7, 11) is 0. The third kappa shape index (κ3) is 3.46. The van der Waals surface area contributed by atoms with E-state index in [-0.39, 0.29) is 11.9 Å². The Morgan fingerprint density at radius 1 is 1.50 bits per heavy atom. The first-order valence-corrected chi connectivity index (χ1v) is 6.95. The van der Waals surface area contributed by atoms with Crippen LogP contribution < -0.4 is 10.6 Å². The largest absolute Gasteiger partial charge is 0.354 e. The highest BCUT2D eigenvalue weighted by molar-refractivity contribution is 5.76. The first kappa shape index (κ1) is 14.3. The van der Waals surface area contributed by atoms with Crippen LogP contribution in [-0.4, -0.2) is 33.1 Å². The molecule has 1 unspecified atom stereocenters. The molecule has 0 saturated heterocycles. The van der Waals surface area contributed by atoms with E-state index in [0.717, 1.165) is 17.6 Å². The van der Waals surface area contributed by atoms with E-state index in [1.54, 1.807) is 4.52 Å². The van der Waals surface area contributed by atoms with Crippen molar-refractivity contribution < 1.29 is 4.79 Å². The van der Waals surface area contributed by atoms with Crippen LogP contribution in [0.25, 0.3) is 5.65 Å². The third-order valence-corrected chi connectivity index (χ3v) is 3.21. The van der Waals surface area contributed by atoms with Gasteiger partial charge in [-0.2, -0.15) is 4.98 Å². The normalized spacial score (nSPS) is 12.3. The van der Waals surface area contributed by atoms with Crippen molar-refractivity contribution in [3.63, 3.8) is 0 Å². The summed E-state index contributed by atoms with van der Waals surface area (Å²) >= 11 is 0. The number of nitrogens with one attached hydrogen (secondary N) is 2. The molecule has 0 saturated carbocycles. The summed E-state index contributed by atoms with van der Waals surface area (Å²) in [6.07, 6.45) is 3.21. The van der Waals surface area contributed by atoms with Gasteiger partial charge in [-0.3, -0.25) is 4.79 Å². The molecule has 20 heavy (non-hydrogen) atoms. The maximum atomic E-state index is 11.6. The van der Waals surface area contributed by atoms with Crippen molar-refractivity contribution in [1.82, 2.24) is 19.9 Å². The number of carbonyl (C=O) groups excluding carboxylic acids is 1. The number of aromatic nitrogens is 3. The molecule has 108 valence electrons. The average Bonchev–Trinajstić information content (AvgIpc) is 2.83. The fourth-order valence-electron chi connectivity index (χ4n) is 1.85. The Balaban J connectivity index is 1.87. The van der Waals surface area contributed by atoms with Gasteiger partial charge in [0.15, 0.2) is 5.65 Å². The molecule has 0 spiro atoms. The molecule has 2 rings (SSSR count). The highest BCUT2D eigenvalue weighted by Crippen LogP contribution is 2.09. The zero-order valence-electron chi connectivity index (χ0n) is 12.2. The van der Waals surface area contributed by atoms with Gasteiger partial charge in [0.05, 0.1) is 0 Å². The van der Waals surface area contributed by atoms with E-state index >= 15 is 0 Å². The first-order chi connectivity index (χ1) is 9.60. The predicted octanol–water partition coefficient (Wildman–Crippen LogP) is 1.75. The zero-order valence-corrected chi connectivity index (χ0v) is 12.2. The molecule has 0 bridgehead atoms. The van der Waals surface area contributed by atoms with E-state index in [2.05, 4.69) is 20.7 Å². The zero-order chi connectivity index (χ0) is 14.5. The molecule has 2 heterocycles. The van der Waals surface area contributed by atoms with Gasteiger partial charge in [0.2, 0.25) is 11.9 Å². The fraction of sp³-hybridized carbons (Fsp3) is 0.500. The molecule has 6 nitrogen and oxygen atoms in total. The number of nitrogens with zero attached hydrogens (tertiary/aromatic N) is 3. The van der Waals surface area contributed by atoms with Crippen LogP contribution in [0.2, 0.25) is 0 Å². The minimum Gasteiger partial charge on any atom is -0.354 e. The monoisotopic (exact) mass is 275 g/mol. The summed E-state index contributed by atoms with van der Waals surface area (Å²) in [6, 6.07) is 4.15. The lowest BCUT2D eigenvalue weighted by molar-refractivity contribution is -0.121. The lowest BCUT2D eigenvalue weighted by Gasteiger charge is -2.10. The lowest BCUT2D eigenvalue weighted by atomic mass is 10.2. The van der Waals surface area contributed by atoms with E-state index in [1.807, 2.05) is 39.1 Å². The molecule has 2 N–H and O–H groups in total. The van der Waals surface area contributed by atoms with Crippen molar-refractivity contribution in [1.29, 1.82) is 0 Å². The topological polar surface area (TPSA) is 71.3 Å². The molecule has 0 radical (unpaired) electrons. The van der Waals surface area contributed by atoms with E-state index in [9.17, 15) is 4.79 Å². The Labute approximate surface area is 118 Å². The number of pyridine rings is 1. The van der Waals surface area contributed by atoms with Crippen LogP contribution in [0, 0.1) is 6.92 Å². The summed E-state index contributed by atoms with van der Waals surface area (Å²) in [5.74, 6) is 0.599. The molecule has 2 aromatic heterocycles. The number of anilines is 1. The van der Waals surface area contributed by atoms with Gasteiger partial charge in [-0.25, -0.2) is 4.52 Å². The van der Waals surface area contributed by atoms with Crippen molar-refractivity contribution in [2.75, 3.05) is 11.9 Å². The van der Waals surface area contributed by atoms with Crippen LogP contribution >= 0.6 is 0 Å². The summed E-state index contributed by atoms with van der Waals surface area (Å²) in [5.41, 5.74) is 1.90. The van der Waals surface area contributed by atoms with Crippen LogP contribution in [0.15, 0.2) is 18.3 Å². The number of hydrogen-bond acceptors (Lipinski definition) is 4. The van der Waals surface area contributed by atoms with Crippen molar-refractivity contribution in [3.8, 4) is 0 Å². The van der Waals surface area contributed by atoms with Crippen LogP contribution in [0.5, 0.6) is 0 Å². The second kappa shape index (κ2) is 6.36. The Bertz CT molecular complexity index is 592. The molecule has 0 aliphatic rings. The fourth-order valence-corrected chi connectivity index (χ4v) is 1.85. The van der Waals surface area contributed by atoms with Gasteiger partial charge in [0, 0.05) is 25.2 Å². The van der Waals surface area contributed by atoms with Gasteiger partial charge in [-0.15, -0.1) is 5.10 Å². The molecular weight excluding hydrogens is 254 g/mol. The summed E-state index contributed by atoms with van der Waals surface area (Å²) in [4.78, 5) is 16.0. The molecular formula is C14H21N5O. The Kier molecular flexibility index (Phi) is 4.55. The van der Waals surface area contributed by atoms with Gasteiger partial charge in [0.1, 0.15) is 0 Å². The molecule has 2 aromatic rings. The molecule has 6 heteroatoms. The van der Waals surface area contributed by atoms with E-state index in [0.29, 0.717) is 18.9 Å². The minimum absolute atomic E-state index is 0.0480. The Morgan fingerprint density at radius 3 is 3.00 bits per heavy atom. The Hall–Kier alpha value is -2.11. The second-order valence-electron chi connectivity index (χ2n) is 4.95. The highest BCUT2D eigenvalue weighted by atomic mass is 16.1. The number of rotatable bonds is 6. The lowest BCUT2D eigenvalue weighted by Crippen LogP contribution is -2.33. The number of hydrogen-bond donors (Lipinski definition) is 2. The summed E-state index contributed by atoms with van der Waals surface area (Å²) in [6.45, 7) is 6.56. The number of carbonyl (C=O) groups is 1. The average molecular weight is 275 g/mol. The third-order valence-electron chi connectivity index (χ3n) is 3.21. The van der Waals surface area contributed by atoms with Crippen molar-refractivity contribution >= 4 is 17.5 Å². The van der Waals surface area contributed by atoms with Crippen molar-refractivity contribution in [2.24, 2.45) is 0 Å². The van der Waals surface area contributed by atoms with Crippen molar-refractivity contribution in [2.45, 2.75) is 39.7 Å². The number of amides is 1. The van der Waals surface area contributed by atoms with Crippen LogP contribution in [0.4, 0.5) is 5.95 Å². The molecule has 0 aromatic carbocycles. The van der Waals surface area contributed by atoms with Crippen LogP contribution in [0.3, 0.4) is 0 Å². The van der Waals surface area contributed by atoms with Crippen LogP contribution in [-0.2, 0) is 4.79 Å². The van der Waals surface area contributed by atoms with Crippen molar-refractivity contribution in [3.05, 3.63) is 23.9 Å². The van der Waals surface area contributed by atoms with Crippen LogP contribution in [0.1, 0.15) is 32.3 Å². The minimum atomic E-state index is 0.0480. The highest BCUT2D eigenvalue weighted by Gasteiger charge is 2.07. The van der Waals surface area contributed by atoms with E-state index in [4.69, 9.17) is 0 Å². The first-order valence-electron chi connectivity index (χ1n) is 6.95. The van der Waals surface area contributed by atoms with E-state index < -0.39 is 0 Å². The van der Waals surface area contributed by atoms with Gasteiger partial charge < -0.3 is 10.6 Å². The summed E-state index contributed by atoms with van der Waals surface area (Å²) in [5, 5.41) is 10.3. The molecule has 0 aliphatic carbocycles.